The molecule has 0 saturated carbocycles. The molecule has 1 aliphatic heterocycles. The Hall–Kier alpha value is -2.01. The van der Waals surface area contributed by atoms with Crippen LogP contribution >= 0.6 is 7.37 Å². The molecule has 0 bridgehead atoms. The second-order valence-electron chi connectivity index (χ2n) is 11.9. The fraction of sp³-hybridized carbons (Fsp3) is 0.613. The van der Waals surface area contributed by atoms with Gasteiger partial charge in [-0.1, -0.05) is 39.0 Å². The van der Waals surface area contributed by atoms with E-state index in [-0.39, 0.29) is 6.16 Å². The highest BCUT2D eigenvalue weighted by atomic mass is 31.2. The number of anilines is 1. The van der Waals surface area contributed by atoms with Crippen LogP contribution in [0.5, 0.6) is 11.5 Å². The zero-order valence-corrected chi connectivity index (χ0v) is 25.1. The van der Waals surface area contributed by atoms with Crippen LogP contribution in [-0.2, 0) is 15.5 Å². The van der Waals surface area contributed by atoms with Crippen molar-refractivity contribution in [2.75, 3.05) is 51.1 Å². The van der Waals surface area contributed by atoms with Gasteiger partial charge in [-0.25, -0.2) is 0 Å². The topological polar surface area (TPSA) is 68.2 Å². The van der Waals surface area contributed by atoms with E-state index in [1.807, 2.05) is 31.2 Å². The first-order chi connectivity index (χ1) is 18.0. The van der Waals surface area contributed by atoms with Crippen LogP contribution in [0.1, 0.15) is 70.6 Å². The van der Waals surface area contributed by atoms with Gasteiger partial charge < -0.3 is 24.0 Å². The summed E-state index contributed by atoms with van der Waals surface area (Å²) < 4.78 is 29.5. The summed E-state index contributed by atoms with van der Waals surface area (Å²) in [6.07, 6.45) is 4.86. The second kappa shape index (κ2) is 13.9. The van der Waals surface area contributed by atoms with E-state index in [1.54, 1.807) is 13.8 Å². The van der Waals surface area contributed by atoms with Crippen LogP contribution in [-0.4, -0.2) is 51.3 Å². The molecule has 6 nitrogen and oxygen atoms in total. The molecule has 1 saturated heterocycles. The summed E-state index contributed by atoms with van der Waals surface area (Å²) in [6.45, 7) is 13.3. The van der Waals surface area contributed by atoms with Gasteiger partial charge in [-0.3, -0.25) is 4.57 Å². The molecule has 0 spiro atoms. The fourth-order valence-electron chi connectivity index (χ4n) is 5.10. The molecule has 0 radical (unpaired) electrons. The van der Waals surface area contributed by atoms with Crippen molar-refractivity contribution in [2.45, 2.75) is 65.9 Å². The number of aliphatic hydroxyl groups is 1. The predicted octanol–water partition coefficient (Wildman–Crippen LogP) is 7.34. The van der Waals surface area contributed by atoms with Crippen LogP contribution in [0.15, 0.2) is 42.5 Å². The van der Waals surface area contributed by atoms with E-state index in [2.05, 4.69) is 43.9 Å². The lowest BCUT2D eigenvalue weighted by molar-refractivity contribution is 0.193. The van der Waals surface area contributed by atoms with E-state index < -0.39 is 13.5 Å². The number of rotatable bonds is 13. The molecule has 38 heavy (non-hydrogen) atoms. The summed E-state index contributed by atoms with van der Waals surface area (Å²) in [5.41, 5.74) is 3.76. The van der Waals surface area contributed by atoms with Gasteiger partial charge in [0, 0.05) is 31.5 Å². The number of aliphatic hydroxyl groups excluding tert-OH is 1. The van der Waals surface area contributed by atoms with Gasteiger partial charge in [0.15, 0.2) is 0 Å². The summed E-state index contributed by atoms with van der Waals surface area (Å²) >= 11 is 0. The van der Waals surface area contributed by atoms with Gasteiger partial charge >= 0.3 is 0 Å². The third kappa shape index (κ3) is 9.63. The van der Waals surface area contributed by atoms with Crippen molar-refractivity contribution in [2.24, 2.45) is 11.3 Å². The number of hydrogen-bond donors (Lipinski definition) is 1. The Bertz CT molecular complexity index is 1060. The lowest BCUT2D eigenvalue weighted by Crippen LogP contribution is -2.36. The van der Waals surface area contributed by atoms with Gasteiger partial charge in [0.2, 0.25) is 7.37 Å². The highest BCUT2D eigenvalue weighted by Gasteiger charge is 2.24. The minimum atomic E-state index is -2.82. The van der Waals surface area contributed by atoms with Crippen molar-refractivity contribution >= 4 is 13.1 Å². The lowest BCUT2D eigenvalue weighted by atomic mass is 9.88. The van der Waals surface area contributed by atoms with E-state index in [1.165, 1.54) is 24.1 Å². The van der Waals surface area contributed by atoms with E-state index in [0.29, 0.717) is 30.1 Å². The monoisotopic (exact) mass is 545 g/mol. The number of methoxy groups -OCH3 is 1. The highest BCUT2D eigenvalue weighted by Crippen LogP contribution is 2.45. The van der Waals surface area contributed by atoms with Crippen LogP contribution in [0.2, 0.25) is 0 Å². The number of benzene rings is 2. The molecule has 2 atom stereocenters. The van der Waals surface area contributed by atoms with Crippen LogP contribution in [0, 0.1) is 11.3 Å². The third-order valence-electron chi connectivity index (χ3n) is 7.26. The summed E-state index contributed by atoms with van der Waals surface area (Å²) in [5, 5.41) is 10.6. The molecular weight excluding hydrogens is 497 g/mol. The minimum absolute atomic E-state index is 0.102. The molecule has 0 aliphatic carbocycles. The smallest absolute Gasteiger partial charge is 0.203 e. The molecular formula is C31H48NO5P. The van der Waals surface area contributed by atoms with Gasteiger partial charge in [0.25, 0.3) is 0 Å². The van der Waals surface area contributed by atoms with Gasteiger partial charge in [0.05, 0.1) is 32.6 Å². The van der Waals surface area contributed by atoms with Gasteiger partial charge in [-0.15, -0.1) is 0 Å². The highest BCUT2D eigenvalue weighted by molar-refractivity contribution is 7.58. The van der Waals surface area contributed by atoms with Gasteiger partial charge in [-0.2, -0.15) is 0 Å². The van der Waals surface area contributed by atoms with E-state index in [4.69, 9.17) is 14.0 Å². The van der Waals surface area contributed by atoms with Crippen molar-refractivity contribution in [3.8, 4) is 11.5 Å². The first-order valence-corrected chi connectivity index (χ1v) is 16.3. The lowest BCUT2D eigenvalue weighted by Gasteiger charge is -2.35. The molecule has 1 heterocycles. The fourth-order valence-corrected chi connectivity index (χ4v) is 6.59. The summed E-state index contributed by atoms with van der Waals surface area (Å²) in [6, 6.07) is 14.0. The average Bonchev–Trinajstić information content (AvgIpc) is 2.87. The second-order valence-corrected chi connectivity index (χ2v) is 14.5. The van der Waals surface area contributed by atoms with E-state index in [9.17, 15) is 9.67 Å². The number of hydrogen-bond acceptors (Lipinski definition) is 6. The largest absolute Gasteiger partial charge is 0.497 e. The van der Waals surface area contributed by atoms with Crippen molar-refractivity contribution < 1.29 is 23.7 Å². The molecule has 1 N–H and O–H groups in total. The number of ether oxygens (including phenoxy) is 2. The molecule has 212 valence electrons. The quantitative estimate of drug-likeness (QED) is 0.266. The maximum Gasteiger partial charge on any atom is 0.203 e. The van der Waals surface area contributed by atoms with Crippen molar-refractivity contribution in [3.05, 3.63) is 53.6 Å². The van der Waals surface area contributed by atoms with Crippen molar-refractivity contribution in [1.29, 1.82) is 0 Å². The third-order valence-corrected chi connectivity index (χ3v) is 9.07. The zero-order chi connectivity index (χ0) is 27.8. The van der Waals surface area contributed by atoms with E-state index >= 15 is 0 Å². The first kappa shape index (κ1) is 30.5. The van der Waals surface area contributed by atoms with Crippen LogP contribution in [0.4, 0.5) is 5.69 Å². The van der Waals surface area contributed by atoms with Crippen LogP contribution in [0.3, 0.4) is 0 Å². The SMILES string of the molecule is CCOP(C)(=O)C[C@@H](O)c1cccc(OCC2CCN(c3cc(OC)ccc3CCCC(C)(C)C)CC2)c1. The first-order valence-electron chi connectivity index (χ1n) is 14.0. The molecule has 1 fully saturated rings. The average molecular weight is 546 g/mol. The molecule has 0 aromatic heterocycles. The Labute approximate surface area is 230 Å². The molecule has 3 rings (SSSR count). The number of nitrogens with zero attached hydrogens (tertiary/aromatic N) is 1. The summed E-state index contributed by atoms with van der Waals surface area (Å²) in [4.78, 5) is 2.50. The molecule has 1 aliphatic rings. The predicted molar refractivity (Wildman–Crippen MR) is 157 cm³/mol. The van der Waals surface area contributed by atoms with E-state index in [0.717, 1.165) is 43.9 Å². The van der Waals surface area contributed by atoms with Crippen LogP contribution in [0.25, 0.3) is 0 Å². The number of aryl methyl sites for hydroxylation is 1. The van der Waals surface area contributed by atoms with Gasteiger partial charge in [-0.05, 0) is 79.7 Å². The maximum absolute atomic E-state index is 12.5. The number of piperidine rings is 1. The Morgan fingerprint density at radius 2 is 1.84 bits per heavy atom. The van der Waals surface area contributed by atoms with Gasteiger partial charge in [0.1, 0.15) is 11.5 Å². The molecule has 2 aromatic carbocycles. The standard InChI is InChI=1S/C31H48NO5P/c1-7-37-38(6,34)23-30(33)26-10-8-12-28(20-26)36-22-24-15-18-32(19-16-24)29-21-27(35-5)14-13-25(29)11-9-17-31(2,3)4/h8,10,12-14,20-21,24,30,33H,7,9,11,15-19,22-23H2,1-6H3/t30-,38?/m1/s1. The molecule has 7 heteroatoms. The Kier molecular flexibility index (Phi) is 11.1. The Morgan fingerprint density at radius 3 is 2.50 bits per heavy atom. The Morgan fingerprint density at radius 1 is 1.11 bits per heavy atom. The maximum atomic E-state index is 12.5. The van der Waals surface area contributed by atoms with Crippen molar-refractivity contribution in [1.82, 2.24) is 0 Å². The molecule has 0 amide bonds. The Balaban J connectivity index is 1.55. The summed E-state index contributed by atoms with van der Waals surface area (Å²) in [7, 11) is -1.09. The molecule has 2 aromatic rings. The molecule has 1 unspecified atom stereocenters. The van der Waals surface area contributed by atoms with Crippen LogP contribution < -0.4 is 14.4 Å². The zero-order valence-electron chi connectivity index (χ0n) is 24.2. The van der Waals surface area contributed by atoms with Crippen molar-refractivity contribution in [3.63, 3.8) is 0 Å². The minimum Gasteiger partial charge on any atom is -0.497 e. The normalized spacial score (nSPS) is 17.2. The summed E-state index contributed by atoms with van der Waals surface area (Å²) in [5.74, 6) is 2.12.